The van der Waals surface area contributed by atoms with Crippen LogP contribution in [0.4, 0.5) is 43.9 Å². The molecule has 39 heavy (non-hydrogen) atoms. The van der Waals surface area contributed by atoms with Crippen molar-refractivity contribution in [3.8, 4) is 0 Å². The van der Waals surface area contributed by atoms with Crippen LogP contribution in [-0.2, 0) is 11.0 Å². The van der Waals surface area contributed by atoms with E-state index in [0.717, 1.165) is 12.1 Å². The number of rotatable bonds is 9. The Balaban J connectivity index is 2.41. The summed E-state index contributed by atoms with van der Waals surface area (Å²) in [6, 6.07) is 5.01. The molecule has 0 fully saturated rings. The molecule has 0 aliphatic carbocycles. The zero-order chi connectivity index (χ0) is 29.9. The van der Waals surface area contributed by atoms with E-state index in [4.69, 9.17) is 0 Å². The van der Waals surface area contributed by atoms with Crippen LogP contribution in [0.25, 0.3) is 5.83 Å². The maximum Gasteiger partial charge on any atom is 0.417 e. The lowest BCUT2D eigenvalue weighted by Gasteiger charge is -2.19. The van der Waals surface area contributed by atoms with Crippen molar-refractivity contribution < 1.29 is 53.5 Å². The van der Waals surface area contributed by atoms with E-state index in [9.17, 15) is 53.5 Å². The lowest BCUT2D eigenvalue weighted by Crippen LogP contribution is -2.20. The Kier molecular flexibility index (Phi) is 10.6. The first-order valence-electron chi connectivity index (χ1n) is 10.9. The standard InChI is InChI=1S/C25H18Br2F10O2/c1-12(4-17(38)11-23(29,30)31)5-22(39)18-3-2-13(8-20(18)25(35,36)37)21(28)10-19(24(32,33)34)14-6-15(26)9-16(27)7-14/h2-3,6-10,12,19H,4-5,11H2,1H3/b21-10-/t12-,19?/m1/s1. The third kappa shape index (κ3) is 10.0. The minimum atomic E-state index is -5.23. The van der Waals surface area contributed by atoms with Crippen LogP contribution < -0.4 is 0 Å². The smallest absolute Gasteiger partial charge is 0.299 e. The molecule has 2 rings (SSSR count). The Morgan fingerprint density at radius 3 is 1.92 bits per heavy atom. The molecule has 0 saturated carbocycles. The van der Waals surface area contributed by atoms with Gasteiger partial charge in [0.05, 0.1) is 5.56 Å². The molecule has 214 valence electrons. The van der Waals surface area contributed by atoms with Crippen LogP contribution in [0.1, 0.15) is 59.2 Å². The van der Waals surface area contributed by atoms with E-state index in [0.29, 0.717) is 12.1 Å². The van der Waals surface area contributed by atoms with E-state index in [1.807, 2.05) is 0 Å². The summed E-state index contributed by atoms with van der Waals surface area (Å²) in [6.45, 7) is 1.20. The highest BCUT2D eigenvalue weighted by Crippen LogP contribution is 2.41. The average molecular weight is 700 g/mol. The van der Waals surface area contributed by atoms with Gasteiger partial charge in [0, 0.05) is 32.9 Å². The minimum absolute atomic E-state index is 0.111. The van der Waals surface area contributed by atoms with Crippen LogP contribution >= 0.6 is 31.9 Å². The highest BCUT2D eigenvalue weighted by molar-refractivity contribution is 9.11. The summed E-state index contributed by atoms with van der Waals surface area (Å²) >= 11 is 6.03. The number of halogens is 12. The fraction of sp³-hybridized carbons (Fsp3) is 0.360. The van der Waals surface area contributed by atoms with Crippen molar-refractivity contribution in [2.75, 3.05) is 0 Å². The van der Waals surface area contributed by atoms with Crippen molar-refractivity contribution in [3.05, 3.63) is 73.7 Å². The predicted molar refractivity (Wildman–Crippen MR) is 130 cm³/mol. The quantitative estimate of drug-likeness (QED) is 0.193. The third-order valence-corrected chi connectivity index (χ3v) is 6.23. The van der Waals surface area contributed by atoms with E-state index in [2.05, 4.69) is 31.9 Å². The summed E-state index contributed by atoms with van der Waals surface area (Å²) in [5.74, 6) is -7.64. The van der Waals surface area contributed by atoms with Gasteiger partial charge in [-0.05, 0) is 41.8 Å². The summed E-state index contributed by atoms with van der Waals surface area (Å²) in [7, 11) is 0. The molecule has 0 spiro atoms. The number of ketones is 2. The van der Waals surface area contributed by atoms with E-state index < -0.39 is 89.3 Å². The summed E-state index contributed by atoms with van der Waals surface area (Å²) < 4.78 is 135. The summed E-state index contributed by atoms with van der Waals surface area (Å²) in [5.41, 5.74) is -3.89. The number of hydrogen-bond donors (Lipinski definition) is 0. The molecule has 2 aromatic rings. The number of allylic oxidation sites excluding steroid dienone is 1. The molecular weight excluding hydrogens is 682 g/mol. The van der Waals surface area contributed by atoms with Crippen LogP contribution in [0, 0.1) is 5.92 Å². The van der Waals surface area contributed by atoms with Gasteiger partial charge in [-0.2, -0.15) is 39.5 Å². The van der Waals surface area contributed by atoms with Crippen LogP contribution in [0.5, 0.6) is 0 Å². The molecule has 0 aromatic heterocycles. The highest BCUT2D eigenvalue weighted by atomic mass is 79.9. The topological polar surface area (TPSA) is 34.1 Å². The van der Waals surface area contributed by atoms with Crippen LogP contribution in [0.15, 0.2) is 51.4 Å². The largest absolute Gasteiger partial charge is 0.417 e. The lowest BCUT2D eigenvalue weighted by molar-refractivity contribution is -0.152. The van der Waals surface area contributed by atoms with Gasteiger partial charge in [0.1, 0.15) is 23.9 Å². The van der Waals surface area contributed by atoms with Crippen molar-refractivity contribution in [2.45, 2.75) is 50.6 Å². The maximum atomic E-state index is 14.9. The summed E-state index contributed by atoms with van der Waals surface area (Å²) in [6.07, 6.45) is -18.1. The first-order valence-corrected chi connectivity index (χ1v) is 12.5. The average Bonchev–Trinajstić information content (AvgIpc) is 2.73. The van der Waals surface area contributed by atoms with E-state index in [-0.39, 0.29) is 21.1 Å². The fourth-order valence-electron chi connectivity index (χ4n) is 3.73. The molecule has 1 unspecified atom stereocenters. The highest BCUT2D eigenvalue weighted by Gasteiger charge is 2.41. The first-order chi connectivity index (χ1) is 17.7. The van der Waals surface area contributed by atoms with Crippen molar-refractivity contribution in [3.63, 3.8) is 0 Å². The zero-order valence-electron chi connectivity index (χ0n) is 19.7. The molecule has 0 radical (unpaired) electrons. The maximum absolute atomic E-state index is 14.9. The first kappa shape index (κ1) is 33.0. The minimum Gasteiger partial charge on any atom is -0.299 e. The zero-order valence-corrected chi connectivity index (χ0v) is 22.8. The molecule has 0 amide bonds. The van der Waals surface area contributed by atoms with Gasteiger partial charge >= 0.3 is 18.5 Å². The lowest BCUT2D eigenvalue weighted by atomic mass is 9.91. The fourth-order valence-corrected chi connectivity index (χ4v) is 5.06. The van der Waals surface area contributed by atoms with Crippen molar-refractivity contribution in [1.82, 2.24) is 0 Å². The molecule has 2 nitrogen and oxygen atoms in total. The van der Waals surface area contributed by atoms with Crippen LogP contribution in [0.3, 0.4) is 0 Å². The predicted octanol–water partition coefficient (Wildman–Crippen LogP) is 10.0. The van der Waals surface area contributed by atoms with Crippen molar-refractivity contribution >= 4 is 49.3 Å². The number of carbonyl (C=O) groups excluding carboxylic acids is 2. The monoisotopic (exact) mass is 698 g/mol. The van der Waals surface area contributed by atoms with Gasteiger partial charge in [-0.1, -0.05) is 50.9 Å². The Morgan fingerprint density at radius 2 is 1.44 bits per heavy atom. The molecule has 0 bridgehead atoms. The van der Waals surface area contributed by atoms with E-state index >= 15 is 0 Å². The second kappa shape index (κ2) is 12.5. The second-order valence-electron chi connectivity index (χ2n) is 8.76. The SMILES string of the molecule is C[C@H](CC(=O)CC(F)(F)F)CC(=O)c1ccc(/C(F)=C/C(c2cc(Br)cc(Br)c2)C(F)(F)F)cc1C(F)(F)F. The normalized spacial score (nSPS) is 14.7. The van der Waals surface area contributed by atoms with Crippen LogP contribution in [-0.4, -0.2) is 23.9 Å². The van der Waals surface area contributed by atoms with Crippen LogP contribution in [0.2, 0.25) is 0 Å². The van der Waals surface area contributed by atoms with Gasteiger partial charge in [0.25, 0.3) is 0 Å². The number of hydrogen-bond acceptors (Lipinski definition) is 2. The van der Waals surface area contributed by atoms with Gasteiger partial charge < -0.3 is 0 Å². The molecule has 0 saturated heterocycles. The second-order valence-corrected chi connectivity index (χ2v) is 10.6. The Labute approximate surface area is 232 Å². The molecule has 14 heteroatoms. The number of benzene rings is 2. The number of alkyl halides is 9. The van der Waals surface area contributed by atoms with Crippen molar-refractivity contribution in [2.24, 2.45) is 5.92 Å². The van der Waals surface area contributed by atoms with Gasteiger partial charge in [-0.25, -0.2) is 4.39 Å². The molecule has 2 aromatic carbocycles. The van der Waals surface area contributed by atoms with E-state index in [1.54, 1.807) is 0 Å². The van der Waals surface area contributed by atoms with E-state index in [1.165, 1.54) is 13.0 Å². The molecular formula is C25H18Br2F10O2. The summed E-state index contributed by atoms with van der Waals surface area (Å²) in [5, 5.41) is 0. The van der Waals surface area contributed by atoms with Gasteiger partial charge in [-0.15, -0.1) is 0 Å². The Bertz CT molecular complexity index is 1230. The molecule has 2 atom stereocenters. The summed E-state index contributed by atoms with van der Waals surface area (Å²) in [4.78, 5) is 24.0. The van der Waals surface area contributed by atoms with Gasteiger partial charge in [-0.3, -0.25) is 9.59 Å². The van der Waals surface area contributed by atoms with Crippen molar-refractivity contribution in [1.29, 1.82) is 0 Å². The Hall–Kier alpha value is -2.22. The number of Topliss-reactive ketones (excluding diaryl/α,β-unsaturated/α-hetero) is 2. The number of carbonyl (C=O) groups is 2. The molecule has 0 aliphatic heterocycles. The molecule has 0 heterocycles. The molecule has 0 aliphatic rings. The van der Waals surface area contributed by atoms with Gasteiger partial charge in [0.2, 0.25) is 0 Å². The molecule has 0 N–H and O–H groups in total. The van der Waals surface area contributed by atoms with Gasteiger partial charge in [0.15, 0.2) is 5.78 Å². The third-order valence-electron chi connectivity index (χ3n) is 5.32. The Morgan fingerprint density at radius 1 is 0.872 bits per heavy atom.